The fourth-order valence-corrected chi connectivity index (χ4v) is 1.43. The summed E-state index contributed by atoms with van der Waals surface area (Å²) in [4.78, 5) is -1.16. The average molecular weight is 206 g/mol. The SMILES string of the molecule is CCCCCCCCC(O)(S)CO. The summed E-state index contributed by atoms with van der Waals surface area (Å²) in [7, 11) is 0. The third kappa shape index (κ3) is 8.60. The van der Waals surface area contributed by atoms with Gasteiger partial charge < -0.3 is 10.2 Å². The van der Waals surface area contributed by atoms with Crippen LogP contribution in [0, 0.1) is 0 Å². The van der Waals surface area contributed by atoms with E-state index >= 15 is 0 Å². The van der Waals surface area contributed by atoms with E-state index in [2.05, 4.69) is 19.6 Å². The van der Waals surface area contributed by atoms with Gasteiger partial charge in [-0.25, -0.2) is 0 Å². The highest BCUT2D eigenvalue weighted by molar-refractivity contribution is 7.81. The molecule has 0 saturated heterocycles. The summed E-state index contributed by atoms with van der Waals surface area (Å²) < 4.78 is 0. The lowest BCUT2D eigenvalue weighted by atomic mass is 10.1. The van der Waals surface area contributed by atoms with E-state index < -0.39 is 4.93 Å². The molecule has 0 aliphatic heterocycles. The molecular weight excluding hydrogens is 184 g/mol. The summed E-state index contributed by atoms with van der Waals surface area (Å²) >= 11 is 3.94. The first-order valence-corrected chi connectivity index (χ1v) is 5.62. The van der Waals surface area contributed by atoms with Crippen LogP contribution in [-0.2, 0) is 0 Å². The van der Waals surface area contributed by atoms with Gasteiger partial charge in [-0.05, 0) is 12.8 Å². The molecule has 0 aromatic heterocycles. The van der Waals surface area contributed by atoms with Crippen molar-refractivity contribution in [3.05, 3.63) is 0 Å². The standard InChI is InChI=1S/C10H22O2S/c1-2-3-4-5-6-7-8-10(12,13)9-11/h11-13H,2-9H2,1H3. The van der Waals surface area contributed by atoms with Gasteiger partial charge in [0.15, 0.2) is 0 Å². The molecule has 80 valence electrons. The topological polar surface area (TPSA) is 40.5 Å². The molecule has 3 heteroatoms. The largest absolute Gasteiger partial charge is 0.392 e. The maximum Gasteiger partial charge on any atom is 0.130 e. The minimum atomic E-state index is -1.16. The molecule has 0 bridgehead atoms. The molecule has 0 radical (unpaired) electrons. The quantitative estimate of drug-likeness (QED) is 0.324. The van der Waals surface area contributed by atoms with E-state index in [9.17, 15) is 5.11 Å². The lowest BCUT2D eigenvalue weighted by molar-refractivity contribution is 0.0576. The van der Waals surface area contributed by atoms with E-state index in [0.29, 0.717) is 6.42 Å². The van der Waals surface area contributed by atoms with Crippen LogP contribution in [0.1, 0.15) is 51.9 Å². The minimum Gasteiger partial charge on any atom is -0.392 e. The first kappa shape index (κ1) is 13.3. The van der Waals surface area contributed by atoms with Crippen molar-refractivity contribution in [2.24, 2.45) is 0 Å². The summed E-state index contributed by atoms with van der Waals surface area (Å²) in [5.74, 6) is 0. The lowest BCUT2D eigenvalue weighted by Crippen LogP contribution is -2.25. The molecule has 0 aromatic rings. The minimum absolute atomic E-state index is 0.259. The van der Waals surface area contributed by atoms with Crippen LogP contribution in [-0.4, -0.2) is 21.8 Å². The van der Waals surface area contributed by atoms with E-state index in [-0.39, 0.29) is 6.61 Å². The number of thiol groups is 1. The van der Waals surface area contributed by atoms with Gasteiger partial charge in [-0.15, -0.1) is 12.6 Å². The molecule has 0 fully saturated rings. The Morgan fingerprint density at radius 2 is 1.62 bits per heavy atom. The Labute approximate surface area is 86.8 Å². The van der Waals surface area contributed by atoms with Crippen molar-refractivity contribution >= 4 is 12.6 Å². The summed E-state index contributed by atoms with van der Waals surface area (Å²) in [5.41, 5.74) is 0. The van der Waals surface area contributed by atoms with Gasteiger partial charge in [0.2, 0.25) is 0 Å². The molecule has 0 aromatic carbocycles. The predicted molar refractivity (Wildman–Crippen MR) is 59.0 cm³/mol. The normalized spacial score (nSPS) is 15.7. The van der Waals surface area contributed by atoms with Crippen molar-refractivity contribution in [1.82, 2.24) is 0 Å². The highest BCUT2D eigenvalue weighted by atomic mass is 32.1. The maximum absolute atomic E-state index is 9.34. The van der Waals surface area contributed by atoms with Crippen LogP contribution in [0.15, 0.2) is 0 Å². The molecule has 13 heavy (non-hydrogen) atoms. The van der Waals surface area contributed by atoms with Crippen LogP contribution in [0.3, 0.4) is 0 Å². The zero-order valence-corrected chi connectivity index (χ0v) is 9.39. The van der Waals surface area contributed by atoms with E-state index in [0.717, 1.165) is 12.8 Å². The van der Waals surface area contributed by atoms with Crippen molar-refractivity contribution in [3.63, 3.8) is 0 Å². The van der Waals surface area contributed by atoms with Crippen LogP contribution in [0.4, 0.5) is 0 Å². The number of hydrogen-bond acceptors (Lipinski definition) is 3. The lowest BCUT2D eigenvalue weighted by Gasteiger charge is -2.18. The predicted octanol–water partition coefficient (Wildman–Crippen LogP) is 2.35. The first-order chi connectivity index (χ1) is 6.12. The van der Waals surface area contributed by atoms with Crippen LogP contribution in [0.25, 0.3) is 0 Å². The van der Waals surface area contributed by atoms with Crippen LogP contribution in [0.5, 0.6) is 0 Å². The molecule has 2 N–H and O–H groups in total. The smallest absolute Gasteiger partial charge is 0.130 e. The summed E-state index contributed by atoms with van der Waals surface area (Å²) in [6, 6.07) is 0. The molecule has 0 saturated carbocycles. The molecule has 0 spiro atoms. The maximum atomic E-state index is 9.34. The van der Waals surface area contributed by atoms with Gasteiger partial charge in [-0.2, -0.15) is 0 Å². The summed E-state index contributed by atoms with van der Waals surface area (Å²) in [5, 5.41) is 18.0. The Bertz CT molecular complexity index is 115. The van der Waals surface area contributed by atoms with E-state index in [1.54, 1.807) is 0 Å². The highest BCUT2D eigenvalue weighted by Crippen LogP contribution is 2.18. The summed E-state index contributed by atoms with van der Waals surface area (Å²) in [6.45, 7) is 1.93. The Morgan fingerprint density at radius 1 is 1.08 bits per heavy atom. The number of rotatable bonds is 8. The molecule has 1 unspecified atom stereocenters. The second-order valence-corrected chi connectivity index (χ2v) is 4.49. The Balaban J connectivity index is 3.16. The van der Waals surface area contributed by atoms with Gasteiger partial charge in [-0.3, -0.25) is 0 Å². The average Bonchev–Trinajstić information content (AvgIpc) is 2.11. The van der Waals surface area contributed by atoms with Crippen molar-refractivity contribution in [2.45, 2.75) is 56.8 Å². The van der Waals surface area contributed by atoms with Crippen molar-refractivity contribution < 1.29 is 10.2 Å². The second-order valence-electron chi connectivity index (χ2n) is 3.66. The number of unbranched alkanes of at least 4 members (excludes halogenated alkanes) is 5. The van der Waals surface area contributed by atoms with Gasteiger partial charge in [-0.1, -0.05) is 39.0 Å². The monoisotopic (exact) mass is 206 g/mol. The molecule has 0 heterocycles. The fourth-order valence-electron chi connectivity index (χ4n) is 1.27. The Morgan fingerprint density at radius 3 is 2.15 bits per heavy atom. The van der Waals surface area contributed by atoms with Crippen LogP contribution >= 0.6 is 12.6 Å². The van der Waals surface area contributed by atoms with Crippen molar-refractivity contribution in [2.75, 3.05) is 6.61 Å². The zero-order chi connectivity index (χ0) is 10.2. The van der Waals surface area contributed by atoms with Crippen molar-refractivity contribution in [3.8, 4) is 0 Å². The third-order valence-corrected chi connectivity index (χ3v) is 2.55. The molecule has 0 aliphatic rings. The Kier molecular flexibility index (Phi) is 7.81. The molecule has 0 amide bonds. The third-order valence-electron chi connectivity index (χ3n) is 2.18. The first-order valence-electron chi connectivity index (χ1n) is 5.18. The van der Waals surface area contributed by atoms with Gasteiger partial charge in [0, 0.05) is 0 Å². The van der Waals surface area contributed by atoms with Crippen LogP contribution < -0.4 is 0 Å². The van der Waals surface area contributed by atoms with E-state index in [4.69, 9.17) is 5.11 Å². The fraction of sp³-hybridized carbons (Fsp3) is 1.00. The summed E-state index contributed by atoms with van der Waals surface area (Å²) in [6.07, 6.45) is 7.72. The molecule has 0 aliphatic carbocycles. The van der Waals surface area contributed by atoms with Crippen molar-refractivity contribution in [1.29, 1.82) is 0 Å². The van der Waals surface area contributed by atoms with E-state index in [1.165, 1.54) is 25.7 Å². The van der Waals surface area contributed by atoms with Gasteiger partial charge in [0.1, 0.15) is 4.93 Å². The Hall–Kier alpha value is 0.270. The van der Waals surface area contributed by atoms with Gasteiger partial charge in [0.25, 0.3) is 0 Å². The molecule has 1 atom stereocenters. The van der Waals surface area contributed by atoms with Crippen LogP contribution in [0.2, 0.25) is 0 Å². The van der Waals surface area contributed by atoms with Gasteiger partial charge in [0.05, 0.1) is 6.61 Å². The molecule has 0 rings (SSSR count). The highest BCUT2D eigenvalue weighted by Gasteiger charge is 2.18. The van der Waals surface area contributed by atoms with E-state index in [1.807, 2.05) is 0 Å². The molecular formula is C10H22O2S. The van der Waals surface area contributed by atoms with Gasteiger partial charge >= 0.3 is 0 Å². The zero-order valence-electron chi connectivity index (χ0n) is 8.50. The number of aliphatic hydroxyl groups is 2. The number of hydrogen-bond donors (Lipinski definition) is 3. The molecule has 2 nitrogen and oxygen atoms in total. The second kappa shape index (κ2) is 7.65. The number of aliphatic hydroxyl groups excluding tert-OH is 1.